The molecule has 2 aromatic carbocycles. The second kappa shape index (κ2) is 6.78. The number of hydrogen-bond acceptors (Lipinski definition) is 5. The predicted molar refractivity (Wildman–Crippen MR) is 93.8 cm³/mol. The third-order valence-corrected chi connectivity index (χ3v) is 3.97. The lowest BCUT2D eigenvalue weighted by Crippen LogP contribution is -2.41. The molecule has 128 valence electrons. The van der Waals surface area contributed by atoms with Gasteiger partial charge in [-0.25, -0.2) is 0 Å². The molecule has 0 fully saturated rings. The maximum absolute atomic E-state index is 12.2. The lowest BCUT2D eigenvalue weighted by Gasteiger charge is -2.26. The van der Waals surface area contributed by atoms with Gasteiger partial charge in [-0.2, -0.15) is 0 Å². The van der Waals surface area contributed by atoms with Crippen molar-refractivity contribution < 1.29 is 14.5 Å². The number of carbonyl (C=O) groups excluding carboxylic acids is 2. The Bertz CT molecular complexity index is 871. The summed E-state index contributed by atoms with van der Waals surface area (Å²) in [5.41, 5.74) is 1.30. The minimum absolute atomic E-state index is 0.0204. The summed E-state index contributed by atoms with van der Waals surface area (Å²) >= 11 is 5.73. The van der Waals surface area contributed by atoms with Crippen molar-refractivity contribution in [1.82, 2.24) is 0 Å². The van der Waals surface area contributed by atoms with E-state index in [0.717, 1.165) is 5.69 Å². The molecular weight excluding hydrogens is 348 g/mol. The standard InChI is InChI=1S/C16H13ClN4O4/c17-10-6-5-9(7-14(10)21(24)25)18-15(22)8-13-16(23)20-12-4-2-1-3-11(12)19-13/h1-7,13,19H,8H2,(H,18,22)(H,20,23). The van der Waals surface area contributed by atoms with Gasteiger partial charge in [0.15, 0.2) is 0 Å². The quantitative estimate of drug-likeness (QED) is 0.573. The van der Waals surface area contributed by atoms with Gasteiger partial charge < -0.3 is 16.0 Å². The molecule has 1 heterocycles. The molecule has 0 bridgehead atoms. The number of amides is 2. The molecule has 0 aliphatic carbocycles. The number of nitro groups is 1. The molecule has 3 rings (SSSR count). The molecule has 8 nitrogen and oxygen atoms in total. The van der Waals surface area contributed by atoms with Crippen molar-refractivity contribution in [3.63, 3.8) is 0 Å². The van der Waals surface area contributed by atoms with Crippen LogP contribution in [0.2, 0.25) is 5.02 Å². The monoisotopic (exact) mass is 360 g/mol. The second-order valence-corrected chi connectivity index (χ2v) is 5.81. The van der Waals surface area contributed by atoms with Crippen molar-refractivity contribution in [3.8, 4) is 0 Å². The number of halogens is 1. The maximum atomic E-state index is 12.2. The van der Waals surface area contributed by atoms with Crippen LogP contribution in [-0.4, -0.2) is 22.8 Å². The van der Waals surface area contributed by atoms with E-state index in [9.17, 15) is 19.7 Å². The smallest absolute Gasteiger partial charge is 0.289 e. The third kappa shape index (κ3) is 3.69. The Kier molecular flexibility index (Phi) is 4.53. The summed E-state index contributed by atoms with van der Waals surface area (Å²) in [6.45, 7) is 0. The van der Waals surface area contributed by atoms with E-state index in [-0.39, 0.29) is 28.7 Å². The van der Waals surface area contributed by atoms with Crippen LogP contribution in [-0.2, 0) is 9.59 Å². The SMILES string of the molecule is O=C(CC1Nc2ccccc2NC1=O)Nc1ccc(Cl)c([N+](=O)[O-])c1. The molecule has 1 aliphatic heterocycles. The topological polar surface area (TPSA) is 113 Å². The number of rotatable bonds is 4. The molecule has 1 unspecified atom stereocenters. The van der Waals surface area contributed by atoms with E-state index in [1.54, 1.807) is 18.2 Å². The first-order valence-corrected chi connectivity index (χ1v) is 7.72. The Hall–Kier alpha value is -3.13. The van der Waals surface area contributed by atoms with Gasteiger partial charge in [0.05, 0.1) is 22.7 Å². The van der Waals surface area contributed by atoms with Crippen LogP contribution >= 0.6 is 11.6 Å². The molecule has 0 aromatic heterocycles. The first-order valence-electron chi connectivity index (χ1n) is 7.34. The average molecular weight is 361 g/mol. The zero-order valence-corrected chi connectivity index (χ0v) is 13.5. The van der Waals surface area contributed by atoms with Gasteiger partial charge >= 0.3 is 0 Å². The lowest BCUT2D eigenvalue weighted by molar-refractivity contribution is -0.384. The van der Waals surface area contributed by atoms with Crippen LogP contribution in [0.4, 0.5) is 22.7 Å². The fourth-order valence-corrected chi connectivity index (χ4v) is 2.65. The molecule has 1 atom stereocenters. The van der Waals surface area contributed by atoms with E-state index in [4.69, 9.17) is 11.6 Å². The lowest BCUT2D eigenvalue weighted by atomic mass is 10.1. The van der Waals surface area contributed by atoms with Crippen LogP contribution in [0, 0.1) is 10.1 Å². The van der Waals surface area contributed by atoms with E-state index >= 15 is 0 Å². The van der Waals surface area contributed by atoms with E-state index < -0.39 is 16.9 Å². The number of fused-ring (bicyclic) bond motifs is 1. The van der Waals surface area contributed by atoms with Gasteiger partial charge in [-0.1, -0.05) is 23.7 Å². The molecule has 25 heavy (non-hydrogen) atoms. The Morgan fingerprint density at radius 3 is 2.68 bits per heavy atom. The summed E-state index contributed by atoms with van der Waals surface area (Å²) < 4.78 is 0. The third-order valence-electron chi connectivity index (χ3n) is 3.65. The predicted octanol–water partition coefficient (Wildman–Crippen LogP) is 3.01. The highest BCUT2D eigenvalue weighted by atomic mass is 35.5. The molecule has 1 aliphatic rings. The Balaban J connectivity index is 1.68. The normalized spacial score (nSPS) is 15.6. The highest BCUT2D eigenvalue weighted by Gasteiger charge is 2.27. The van der Waals surface area contributed by atoms with Crippen LogP contribution in [0.15, 0.2) is 42.5 Å². The summed E-state index contributed by atoms with van der Waals surface area (Å²) in [6.07, 6.45) is -0.128. The summed E-state index contributed by atoms with van der Waals surface area (Å²) in [5, 5.41) is 19.1. The van der Waals surface area contributed by atoms with E-state index in [1.807, 2.05) is 6.07 Å². The molecule has 3 N–H and O–H groups in total. The largest absolute Gasteiger partial charge is 0.372 e. The van der Waals surface area contributed by atoms with Crippen molar-refractivity contribution in [2.75, 3.05) is 16.0 Å². The van der Waals surface area contributed by atoms with Crippen LogP contribution in [0.5, 0.6) is 0 Å². The minimum atomic E-state index is -0.739. The van der Waals surface area contributed by atoms with Gasteiger partial charge in [0, 0.05) is 11.8 Å². The van der Waals surface area contributed by atoms with E-state index in [0.29, 0.717) is 5.69 Å². The fraction of sp³-hybridized carbons (Fsp3) is 0.125. The van der Waals surface area contributed by atoms with Gasteiger partial charge in [-0.05, 0) is 24.3 Å². The first-order chi connectivity index (χ1) is 11.9. The molecule has 0 spiro atoms. The number of nitrogens with one attached hydrogen (secondary N) is 3. The summed E-state index contributed by atoms with van der Waals surface area (Å²) in [5.74, 6) is -0.778. The van der Waals surface area contributed by atoms with Gasteiger partial charge in [0.1, 0.15) is 11.1 Å². The van der Waals surface area contributed by atoms with E-state index in [1.165, 1.54) is 18.2 Å². The van der Waals surface area contributed by atoms with Gasteiger partial charge in [-0.15, -0.1) is 0 Å². The van der Waals surface area contributed by atoms with Gasteiger partial charge in [0.2, 0.25) is 11.8 Å². The molecule has 2 amide bonds. The first kappa shape index (κ1) is 16.7. The van der Waals surface area contributed by atoms with E-state index in [2.05, 4.69) is 16.0 Å². The summed E-state index contributed by atoms with van der Waals surface area (Å²) in [4.78, 5) is 34.5. The van der Waals surface area contributed by atoms with Crippen LogP contribution in [0.1, 0.15) is 6.42 Å². The Labute approximate surface area is 147 Å². The molecule has 2 aromatic rings. The van der Waals surface area contributed by atoms with Crippen LogP contribution in [0.3, 0.4) is 0 Å². The van der Waals surface area contributed by atoms with Gasteiger partial charge in [-0.3, -0.25) is 19.7 Å². The number of para-hydroxylation sites is 2. The number of nitrogens with zero attached hydrogens (tertiary/aromatic N) is 1. The Morgan fingerprint density at radius 1 is 1.24 bits per heavy atom. The molecule has 0 saturated heterocycles. The number of nitro benzene ring substituents is 1. The van der Waals surface area contributed by atoms with Crippen molar-refractivity contribution in [3.05, 3.63) is 57.6 Å². The number of anilines is 3. The molecule has 9 heteroatoms. The molecular formula is C16H13ClN4O4. The number of hydrogen-bond donors (Lipinski definition) is 3. The summed E-state index contributed by atoms with van der Waals surface area (Å²) in [6, 6.07) is 10.4. The summed E-state index contributed by atoms with van der Waals surface area (Å²) in [7, 11) is 0. The van der Waals surface area contributed by atoms with Crippen molar-refractivity contribution >= 4 is 46.2 Å². The Morgan fingerprint density at radius 2 is 1.96 bits per heavy atom. The van der Waals surface area contributed by atoms with Crippen molar-refractivity contribution in [2.45, 2.75) is 12.5 Å². The minimum Gasteiger partial charge on any atom is -0.372 e. The average Bonchev–Trinajstić information content (AvgIpc) is 2.57. The number of carbonyl (C=O) groups is 2. The van der Waals surface area contributed by atoms with Crippen LogP contribution < -0.4 is 16.0 Å². The van der Waals surface area contributed by atoms with Crippen molar-refractivity contribution in [1.29, 1.82) is 0 Å². The second-order valence-electron chi connectivity index (χ2n) is 5.41. The fourth-order valence-electron chi connectivity index (χ4n) is 2.46. The maximum Gasteiger partial charge on any atom is 0.289 e. The van der Waals surface area contributed by atoms with Crippen LogP contribution in [0.25, 0.3) is 0 Å². The zero-order valence-electron chi connectivity index (χ0n) is 12.8. The van der Waals surface area contributed by atoms with Gasteiger partial charge in [0.25, 0.3) is 5.69 Å². The van der Waals surface area contributed by atoms with Crippen molar-refractivity contribution in [2.24, 2.45) is 0 Å². The molecule has 0 radical (unpaired) electrons. The zero-order chi connectivity index (χ0) is 18.0. The number of benzene rings is 2. The highest BCUT2D eigenvalue weighted by molar-refractivity contribution is 6.32. The highest BCUT2D eigenvalue weighted by Crippen LogP contribution is 2.28. The molecule has 0 saturated carbocycles.